The minimum atomic E-state index is 0.668. The van der Waals surface area contributed by atoms with Crippen molar-refractivity contribution in [2.75, 3.05) is 47.8 Å². The third-order valence-electron chi connectivity index (χ3n) is 4.74. The van der Waals surface area contributed by atoms with E-state index >= 15 is 0 Å². The van der Waals surface area contributed by atoms with Gasteiger partial charge in [-0.3, -0.25) is 0 Å². The van der Waals surface area contributed by atoms with E-state index in [4.69, 9.17) is 0 Å². The average Bonchev–Trinajstić information content (AvgIpc) is 2.78. The predicted octanol–water partition coefficient (Wildman–Crippen LogP) is 2.03. The lowest BCUT2D eigenvalue weighted by Crippen LogP contribution is -2.47. The summed E-state index contributed by atoms with van der Waals surface area (Å²) in [5.74, 6) is 2.21. The van der Waals surface area contributed by atoms with Crippen molar-refractivity contribution in [1.82, 2.24) is 25.1 Å². The Hall–Kier alpha value is -3.29. The van der Waals surface area contributed by atoms with E-state index in [-0.39, 0.29) is 0 Å². The van der Waals surface area contributed by atoms with Gasteiger partial charge < -0.3 is 15.1 Å². The van der Waals surface area contributed by atoms with Gasteiger partial charge in [-0.25, -0.2) is 9.97 Å². The van der Waals surface area contributed by atoms with Gasteiger partial charge in [-0.2, -0.15) is 10.1 Å². The molecule has 8 heteroatoms. The summed E-state index contributed by atoms with van der Waals surface area (Å²) in [4.78, 5) is 17.6. The molecule has 0 atom stereocenters. The molecule has 0 aliphatic carbocycles. The number of piperazine rings is 1. The molecule has 0 amide bonds. The molecule has 3 aromatic rings. The van der Waals surface area contributed by atoms with Gasteiger partial charge in [-0.1, -0.05) is 30.3 Å². The highest BCUT2D eigenvalue weighted by atomic mass is 15.4. The van der Waals surface area contributed by atoms with Crippen LogP contribution in [0.4, 0.5) is 17.7 Å². The van der Waals surface area contributed by atoms with Crippen molar-refractivity contribution in [1.29, 1.82) is 0 Å². The molecule has 144 valence electrons. The topological polar surface area (TPSA) is 83.0 Å². The Bertz CT molecular complexity index is 850. The van der Waals surface area contributed by atoms with Crippen molar-refractivity contribution < 1.29 is 0 Å². The van der Waals surface area contributed by atoms with Crippen molar-refractivity contribution >= 4 is 17.7 Å². The van der Waals surface area contributed by atoms with Crippen molar-refractivity contribution in [3.05, 3.63) is 60.6 Å². The van der Waals surface area contributed by atoms with E-state index in [0.29, 0.717) is 5.95 Å². The second-order valence-corrected chi connectivity index (χ2v) is 6.68. The van der Waals surface area contributed by atoms with Crippen LogP contribution in [-0.4, -0.2) is 57.9 Å². The standard InChI is InChI=1S/C20H24N8/c1-2-6-17(7-3-1)8-4-9-21-18-16-24-26-20(25-18)28-14-12-27(13-15-28)19-22-10-5-11-23-19/h1-3,5-7,10-11,16H,4,8-9,12-15H2,(H,21,25,26). The summed E-state index contributed by atoms with van der Waals surface area (Å²) in [5, 5.41) is 11.7. The van der Waals surface area contributed by atoms with Crippen LogP contribution in [-0.2, 0) is 6.42 Å². The van der Waals surface area contributed by atoms with E-state index < -0.39 is 0 Å². The second-order valence-electron chi connectivity index (χ2n) is 6.68. The molecule has 0 unspecified atom stereocenters. The summed E-state index contributed by atoms with van der Waals surface area (Å²) in [6.07, 6.45) is 7.31. The molecule has 1 N–H and O–H groups in total. The SMILES string of the molecule is c1ccc(CCCNc2cnnc(N3CCN(c4ncccn4)CC3)n2)cc1. The minimum absolute atomic E-state index is 0.668. The zero-order valence-electron chi connectivity index (χ0n) is 15.8. The highest BCUT2D eigenvalue weighted by Gasteiger charge is 2.21. The van der Waals surface area contributed by atoms with Gasteiger partial charge in [0.15, 0.2) is 5.82 Å². The van der Waals surface area contributed by atoms with E-state index in [9.17, 15) is 0 Å². The smallest absolute Gasteiger partial charge is 0.247 e. The van der Waals surface area contributed by atoms with Gasteiger partial charge in [-0.15, -0.1) is 5.10 Å². The van der Waals surface area contributed by atoms with Gasteiger partial charge in [0.2, 0.25) is 11.9 Å². The molecular formula is C20H24N8. The van der Waals surface area contributed by atoms with Gasteiger partial charge in [0, 0.05) is 45.1 Å². The Kier molecular flexibility index (Phi) is 5.86. The molecule has 1 aromatic carbocycles. The lowest BCUT2D eigenvalue weighted by molar-refractivity contribution is 0.623. The number of anilines is 3. The Morgan fingerprint density at radius 1 is 0.857 bits per heavy atom. The number of hydrogen-bond donors (Lipinski definition) is 1. The van der Waals surface area contributed by atoms with E-state index in [2.05, 4.69) is 64.5 Å². The van der Waals surface area contributed by atoms with Gasteiger partial charge in [0.25, 0.3) is 0 Å². The molecule has 1 aliphatic heterocycles. The first-order chi connectivity index (χ1) is 13.9. The molecule has 1 fully saturated rings. The van der Waals surface area contributed by atoms with Crippen LogP contribution in [0.25, 0.3) is 0 Å². The van der Waals surface area contributed by atoms with E-state index in [0.717, 1.165) is 57.3 Å². The number of aromatic nitrogens is 5. The first kappa shape index (κ1) is 18.1. The van der Waals surface area contributed by atoms with Crippen LogP contribution >= 0.6 is 0 Å². The highest BCUT2D eigenvalue weighted by Crippen LogP contribution is 2.15. The third-order valence-corrected chi connectivity index (χ3v) is 4.74. The van der Waals surface area contributed by atoms with Crippen LogP contribution in [0.1, 0.15) is 12.0 Å². The van der Waals surface area contributed by atoms with E-state index in [1.165, 1.54) is 5.56 Å². The maximum atomic E-state index is 4.63. The average molecular weight is 376 g/mol. The number of benzene rings is 1. The number of aryl methyl sites for hydroxylation is 1. The summed E-state index contributed by atoms with van der Waals surface area (Å²) >= 11 is 0. The third kappa shape index (κ3) is 4.70. The van der Waals surface area contributed by atoms with Crippen molar-refractivity contribution in [2.45, 2.75) is 12.8 Å². The molecule has 8 nitrogen and oxygen atoms in total. The van der Waals surface area contributed by atoms with Gasteiger partial charge in [0.1, 0.15) is 0 Å². The Labute approximate surface area is 164 Å². The fraction of sp³-hybridized carbons (Fsp3) is 0.350. The molecule has 28 heavy (non-hydrogen) atoms. The normalized spacial score (nSPS) is 14.1. The summed E-state index contributed by atoms with van der Waals surface area (Å²) in [6.45, 7) is 4.16. The Balaban J connectivity index is 1.27. The molecular weight excluding hydrogens is 352 g/mol. The Morgan fingerprint density at radius 3 is 2.32 bits per heavy atom. The molecule has 0 saturated carbocycles. The summed E-state index contributed by atoms with van der Waals surface area (Å²) in [5.41, 5.74) is 1.35. The zero-order chi connectivity index (χ0) is 19.0. The van der Waals surface area contributed by atoms with Crippen LogP contribution in [0.2, 0.25) is 0 Å². The van der Waals surface area contributed by atoms with Gasteiger partial charge in [-0.05, 0) is 24.5 Å². The number of rotatable bonds is 7. The van der Waals surface area contributed by atoms with Gasteiger partial charge >= 0.3 is 0 Å². The summed E-state index contributed by atoms with van der Waals surface area (Å²) < 4.78 is 0. The van der Waals surface area contributed by atoms with Crippen molar-refractivity contribution in [3.63, 3.8) is 0 Å². The first-order valence-corrected chi connectivity index (χ1v) is 9.63. The largest absolute Gasteiger partial charge is 0.369 e. The zero-order valence-corrected chi connectivity index (χ0v) is 15.8. The molecule has 0 spiro atoms. The highest BCUT2D eigenvalue weighted by molar-refractivity contribution is 5.41. The number of nitrogens with one attached hydrogen (secondary N) is 1. The molecule has 0 radical (unpaired) electrons. The quantitative estimate of drug-likeness (QED) is 0.627. The van der Waals surface area contributed by atoms with Crippen LogP contribution in [0, 0.1) is 0 Å². The molecule has 0 bridgehead atoms. The lowest BCUT2D eigenvalue weighted by Gasteiger charge is -2.34. The van der Waals surface area contributed by atoms with Gasteiger partial charge in [0.05, 0.1) is 6.20 Å². The summed E-state index contributed by atoms with van der Waals surface area (Å²) in [7, 11) is 0. The van der Waals surface area contributed by atoms with Crippen LogP contribution in [0.3, 0.4) is 0 Å². The molecule has 3 heterocycles. The van der Waals surface area contributed by atoms with E-state index in [1.807, 2.05) is 12.1 Å². The predicted molar refractivity (Wildman–Crippen MR) is 110 cm³/mol. The monoisotopic (exact) mass is 376 g/mol. The minimum Gasteiger partial charge on any atom is -0.369 e. The lowest BCUT2D eigenvalue weighted by atomic mass is 10.1. The van der Waals surface area contributed by atoms with Crippen LogP contribution in [0.15, 0.2) is 55.0 Å². The number of hydrogen-bond acceptors (Lipinski definition) is 8. The van der Waals surface area contributed by atoms with E-state index in [1.54, 1.807) is 18.6 Å². The molecule has 1 saturated heterocycles. The fourth-order valence-corrected chi connectivity index (χ4v) is 3.23. The second kappa shape index (κ2) is 9.07. The van der Waals surface area contributed by atoms with Crippen LogP contribution in [0.5, 0.6) is 0 Å². The first-order valence-electron chi connectivity index (χ1n) is 9.63. The van der Waals surface area contributed by atoms with Crippen LogP contribution < -0.4 is 15.1 Å². The fourth-order valence-electron chi connectivity index (χ4n) is 3.23. The summed E-state index contributed by atoms with van der Waals surface area (Å²) in [6, 6.07) is 12.3. The van der Waals surface area contributed by atoms with Crippen molar-refractivity contribution in [3.8, 4) is 0 Å². The molecule has 1 aliphatic rings. The maximum Gasteiger partial charge on any atom is 0.247 e. The molecule has 2 aromatic heterocycles. The maximum absolute atomic E-state index is 4.63. The Morgan fingerprint density at radius 2 is 1.57 bits per heavy atom. The molecule has 4 rings (SSSR count). The number of nitrogens with zero attached hydrogens (tertiary/aromatic N) is 7. The van der Waals surface area contributed by atoms with Crippen molar-refractivity contribution in [2.24, 2.45) is 0 Å².